The molecule has 9 nitrogen and oxygen atoms in total. The molecule has 0 aliphatic carbocycles. The molecule has 1 aromatic carbocycles. The normalized spacial score (nSPS) is 10.7. The first-order chi connectivity index (χ1) is 14.0. The second-order valence-corrected chi connectivity index (χ2v) is 6.86. The molecule has 0 saturated carbocycles. The van der Waals surface area contributed by atoms with Crippen LogP contribution in [0.5, 0.6) is 11.6 Å². The summed E-state index contributed by atoms with van der Waals surface area (Å²) in [6.45, 7) is 0. The van der Waals surface area contributed by atoms with Crippen LogP contribution in [0.1, 0.15) is 0 Å². The second kappa shape index (κ2) is 7.94. The fourth-order valence-corrected chi connectivity index (χ4v) is 3.22. The first-order valence-electron chi connectivity index (χ1n) is 8.12. The van der Waals surface area contributed by atoms with Crippen LogP contribution < -0.4 is 10.1 Å². The fourth-order valence-electron chi connectivity index (χ4n) is 2.60. The number of ether oxygens (including phenoxy) is 1. The van der Waals surface area contributed by atoms with Crippen molar-refractivity contribution in [2.75, 3.05) is 5.32 Å². The largest absolute Gasteiger partial charge is 0.431 e. The third-order valence-corrected chi connectivity index (χ3v) is 4.86. The van der Waals surface area contributed by atoms with Crippen LogP contribution in [0.3, 0.4) is 0 Å². The molecular formula is C18H10BrClN6O3. The van der Waals surface area contributed by atoms with E-state index in [0.29, 0.717) is 17.0 Å². The summed E-state index contributed by atoms with van der Waals surface area (Å²) in [6, 6.07) is 10.3. The molecule has 0 saturated heterocycles. The summed E-state index contributed by atoms with van der Waals surface area (Å²) in [5, 5.41) is 15.5. The van der Waals surface area contributed by atoms with Gasteiger partial charge in [-0.2, -0.15) is 4.98 Å². The number of nitrogens with one attached hydrogen (secondary N) is 1. The Morgan fingerprint density at radius 1 is 1.07 bits per heavy atom. The number of fused-ring (bicyclic) bond motifs is 1. The maximum atomic E-state index is 11.8. The van der Waals surface area contributed by atoms with Gasteiger partial charge in [-0.15, -0.1) is 0 Å². The molecule has 3 aromatic heterocycles. The average Bonchev–Trinajstić information content (AvgIpc) is 2.72. The Bertz CT molecular complexity index is 1240. The van der Waals surface area contributed by atoms with Gasteiger partial charge in [-0.3, -0.25) is 15.1 Å². The lowest BCUT2D eigenvalue weighted by Crippen LogP contribution is -2.04. The van der Waals surface area contributed by atoms with Gasteiger partial charge in [-0.05, 0) is 30.3 Å². The molecule has 0 unspecified atom stereocenters. The van der Waals surface area contributed by atoms with E-state index < -0.39 is 10.6 Å². The van der Waals surface area contributed by atoms with E-state index in [1.807, 2.05) is 6.07 Å². The first-order valence-corrected chi connectivity index (χ1v) is 9.29. The molecule has 0 radical (unpaired) electrons. The number of aromatic nitrogens is 4. The molecule has 0 bridgehead atoms. The van der Waals surface area contributed by atoms with Crippen LogP contribution in [0.15, 0.2) is 59.6 Å². The topological polar surface area (TPSA) is 116 Å². The smallest absolute Gasteiger partial charge is 0.373 e. The summed E-state index contributed by atoms with van der Waals surface area (Å²) in [4.78, 5) is 27.3. The molecule has 0 aliphatic heterocycles. The van der Waals surface area contributed by atoms with Crippen molar-refractivity contribution in [2.45, 2.75) is 0 Å². The third kappa shape index (κ3) is 3.80. The van der Waals surface area contributed by atoms with Gasteiger partial charge in [0, 0.05) is 22.3 Å². The van der Waals surface area contributed by atoms with Crippen molar-refractivity contribution in [1.29, 1.82) is 0 Å². The van der Waals surface area contributed by atoms with E-state index >= 15 is 0 Å². The lowest BCUT2D eigenvalue weighted by Gasteiger charge is -2.11. The van der Waals surface area contributed by atoms with Crippen LogP contribution in [-0.4, -0.2) is 24.9 Å². The van der Waals surface area contributed by atoms with Gasteiger partial charge >= 0.3 is 11.6 Å². The summed E-state index contributed by atoms with van der Waals surface area (Å²) < 4.78 is 6.60. The van der Waals surface area contributed by atoms with Gasteiger partial charge in [-0.25, -0.2) is 9.97 Å². The third-order valence-electron chi connectivity index (χ3n) is 3.87. The van der Waals surface area contributed by atoms with Crippen LogP contribution in [0.4, 0.5) is 17.2 Å². The maximum Gasteiger partial charge on any atom is 0.373 e. The number of anilines is 2. The van der Waals surface area contributed by atoms with Crippen molar-refractivity contribution in [3.05, 3.63) is 74.9 Å². The highest BCUT2D eigenvalue weighted by molar-refractivity contribution is 9.10. The molecule has 3 heterocycles. The molecule has 1 N–H and O–H groups in total. The summed E-state index contributed by atoms with van der Waals surface area (Å²) in [5.74, 6) is 0.00187. The van der Waals surface area contributed by atoms with Crippen molar-refractivity contribution in [2.24, 2.45) is 0 Å². The average molecular weight is 474 g/mol. The van der Waals surface area contributed by atoms with Crippen molar-refractivity contribution in [3.63, 3.8) is 0 Å². The van der Waals surface area contributed by atoms with Gasteiger partial charge in [0.2, 0.25) is 5.82 Å². The predicted octanol–water partition coefficient (Wildman–Crippen LogP) is 5.28. The van der Waals surface area contributed by atoms with E-state index in [4.69, 9.17) is 16.3 Å². The number of hydrogen-bond acceptors (Lipinski definition) is 8. The van der Waals surface area contributed by atoms with E-state index in [0.717, 1.165) is 16.2 Å². The summed E-state index contributed by atoms with van der Waals surface area (Å²) in [5.41, 5.74) is 0.441. The van der Waals surface area contributed by atoms with E-state index in [-0.39, 0.29) is 16.9 Å². The van der Waals surface area contributed by atoms with Gasteiger partial charge in [0.15, 0.2) is 10.9 Å². The van der Waals surface area contributed by atoms with Crippen LogP contribution in [-0.2, 0) is 0 Å². The van der Waals surface area contributed by atoms with Gasteiger partial charge < -0.3 is 10.1 Å². The number of halogens is 2. The highest BCUT2D eigenvalue weighted by Gasteiger charge is 2.26. The Balaban J connectivity index is 1.78. The molecule has 11 heteroatoms. The van der Waals surface area contributed by atoms with Crippen LogP contribution in [0.25, 0.3) is 10.9 Å². The van der Waals surface area contributed by atoms with Crippen molar-refractivity contribution < 1.29 is 9.66 Å². The molecule has 29 heavy (non-hydrogen) atoms. The zero-order valence-corrected chi connectivity index (χ0v) is 16.8. The molecule has 0 amide bonds. The van der Waals surface area contributed by atoms with Gasteiger partial charge in [0.1, 0.15) is 11.8 Å². The standard InChI is InChI=1S/C18H10BrClN6O3/c19-11-5-6-13(14-10(11)3-1-7-21-14)29-18-15(26(27)28)17(23-9-24-18)25-12-4-2-8-22-16(12)20/h1-9H,(H,23,24,25). The number of rotatable bonds is 5. The number of nitrogens with zero attached hydrogens (tertiary/aromatic N) is 5. The number of hydrogen-bond donors (Lipinski definition) is 1. The highest BCUT2D eigenvalue weighted by atomic mass is 79.9. The number of benzene rings is 1. The lowest BCUT2D eigenvalue weighted by atomic mass is 10.2. The summed E-state index contributed by atoms with van der Waals surface area (Å²) >= 11 is 9.48. The van der Waals surface area contributed by atoms with Gasteiger partial charge in [0.05, 0.1) is 10.6 Å². The van der Waals surface area contributed by atoms with Gasteiger partial charge in [-0.1, -0.05) is 33.6 Å². The van der Waals surface area contributed by atoms with Gasteiger partial charge in [0.25, 0.3) is 0 Å². The minimum Gasteiger partial charge on any atom is -0.431 e. The Morgan fingerprint density at radius 2 is 1.86 bits per heavy atom. The minimum absolute atomic E-state index is 0.0794. The number of pyridine rings is 2. The van der Waals surface area contributed by atoms with Crippen LogP contribution in [0.2, 0.25) is 5.15 Å². The van der Waals surface area contributed by atoms with Crippen LogP contribution >= 0.6 is 27.5 Å². The minimum atomic E-state index is -0.629. The molecular weight excluding hydrogens is 464 g/mol. The van der Waals surface area contributed by atoms with Crippen molar-refractivity contribution in [1.82, 2.24) is 19.9 Å². The zero-order valence-electron chi connectivity index (χ0n) is 14.4. The Morgan fingerprint density at radius 3 is 2.66 bits per heavy atom. The van der Waals surface area contributed by atoms with E-state index in [2.05, 4.69) is 41.2 Å². The Hall–Kier alpha value is -3.37. The molecule has 144 valence electrons. The lowest BCUT2D eigenvalue weighted by molar-refractivity contribution is -0.385. The highest BCUT2D eigenvalue weighted by Crippen LogP contribution is 2.38. The Kier molecular flexibility index (Phi) is 5.19. The Labute approximate surface area is 177 Å². The first kappa shape index (κ1) is 19.0. The summed E-state index contributed by atoms with van der Waals surface area (Å²) in [6.07, 6.45) is 4.26. The van der Waals surface area contributed by atoms with E-state index in [1.165, 1.54) is 6.20 Å². The van der Waals surface area contributed by atoms with E-state index in [1.54, 1.807) is 36.5 Å². The van der Waals surface area contributed by atoms with Crippen LogP contribution in [0, 0.1) is 10.1 Å². The second-order valence-electron chi connectivity index (χ2n) is 5.65. The van der Waals surface area contributed by atoms with E-state index in [9.17, 15) is 10.1 Å². The predicted molar refractivity (Wildman–Crippen MR) is 111 cm³/mol. The molecule has 0 spiro atoms. The molecule has 4 aromatic rings. The zero-order chi connectivity index (χ0) is 20.4. The van der Waals surface area contributed by atoms with Crippen molar-refractivity contribution >= 4 is 55.6 Å². The maximum absolute atomic E-state index is 11.8. The fraction of sp³-hybridized carbons (Fsp3) is 0. The summed E-state index contributed by atoms with van der Waals surface area (Å²) in [7, 11) is 0. The monoisotopic (exact) mass is 472 g/mol. The number of nitro groups is 1. The molecule has 0 fully saturated rings. The molecule has 0 aliphatic rings. The molecule has 0 atom stereocenters. The quantitative estimate of drug-likeness (QED) is 0.236. The van der Waals surface area contributed by atoms with Crippen molar-refractivity contribution in [3.8, 4) is 11.6 Å². The molecule has 4 rings (SSSR count). The SMILES string of the molecule is O=[N+]([O-])c1c(Nc2cccnc2Cl)ncnc1Oc1ccc(Br)c2cccnc12.